The van der Waals surface area contributed by atoms with E-state index in [-0.39, 0.29) is 18.6 Å². The van der Waals surface area contributed by atoms with Crippen LogP contribution in [0.4, 0.5) is 17.6 Å². The van der Waals surface area contributed by atoms with Gasteiger partial charge in [0.1, 0.15) is 28.2 Å². The Morgan fingerprint density at radius 1 is 1.12 bits per heavy atom. The van der Waals surface area contributed by atoms with E-state index in [1.54, 1.807) is 13.0 Å². The van der Waals surface area contributed by atoms with Gasteiger partial charge in [-0.1, -0.05) is 6.07 Å². The van der Waals surface area contributed by atoms with Crippen molar-refractivity contribution in [3.63, 3.8) is 0 Å². The maximum atomic E-state index is 13.9. The molecule has 1 N–H and O–H groups in total. The molecule has 0 saturated carbocycles. The first-order valence-corrected chi connectivity index (χ1v) is 11.2. The zero-order chi connectivity index (χ0) is 23.9. The lowest BCUT2D eigenvalue weighted by Crippen LogP contribution is -2.07. The van der Waals surface area contributed by atoms with Crippen molar-refractivity contribution < 1.29 is 32.2 Å². The molecule has 0 spiro atoms. The highest BCUT2D eigenvalue weighted by molar-refractivity contribution is 7.18. The number of hydrogen-bond donors (Lipinski definition) is 1. The van der Waals surface area contributed by atoms with Crippen LogP contribution in [0.3, 0.4) is 0 Å². The molecule has 4 rings (SSSR count). The second-order valence-corrected chi connectivity index (χ2v) is 9.44. The van der Waals surface area contributed by atoms with Crippen molar-refractivity contribution in [3.8, 4) is 16.3 Å². The van der Waals surface area contributed by atoms with Crippen molar-refractivity contribution in [1.82, 2.24) is 9.97 Å². The highest BCUT2D eigenvalue weighted by Crippen LogP contribution is 2.36. The average molecular weight is 497 g/mol. The molecule has 11 heteroatoms. The molecule has 0 aliphatic heterocycles. The minimum Gasteiger partial charge on any atom is -0.488 e. The number of halogens is 4. The molecule has 0 unspecified atom stereocenters. The van der Waals surface area contributed by atoms with Gasteiger partial charge in [-0.3, -0.25) is 4.79 Å². The van der Waals surface area contributed by atoms with Crippen LogP contribution in [0.15, 0.2) is 30.3 Å². The van der Waals surface area contributed by atoms with Gasteiger partial charge in [-0.2, -0.15) is 13.2 Å². The third-order valence-electron chi connectivity index (χ3n) is 4.78. The Morgan fingerprint density at radius 2 is 1.88 bits per heavy atom. The fourth-order valence-corrected chi connectivity index (χ4v) is 5.19. The van der Waals surface area contributed by atoms with Crippen LogP contribution in [0.5, 0.6) is 5.75 Å². The van der Waals surface area contributed by atoms with E-state index in [2.05, 4.69) is 9.97 Å². The Hall–Kier alpha value is -3.05. The number of alkyl halides is 3. The summed E-state index contributed by atoms with van der Waals surface area (Å²) in [7, 11) is 0. The second-order valence-electron chi connectivity index (χ2n) is 7.28. The van der Waals surface area contributed by atoms with Gasteiger partial charge < -0.3 is 9.84 Å². The van der Waals surface area contributed by atoms with Crippen LogP contribution in [0.1, 0.15) is 26.7 Å². The quantitative estimate of drug-likeness (QED) is 0.313. The monoisotopic (exact) mass is 496 g/mol. The van der Waals surface area contributed by atoms with Crippen LogP contribution in [0.25, 0.3) is 20.8 Å². The summed E-state index contributed by atoms with van der Waals surface area (Å²) in [5.74, 6) is -1.75. The molecule has 172 valence electrons. The van der Waals surface area contributed by atoms with Crippen molar-refractivity contribution in [1.29, 1.82) is 0 Å². The summed E-state index contributed by atoms with van der Waals surface area (Å²) in [6.45, 7) is 3.78. The van der Waals surface area contributed by atoms with Crippen LogP contribution in [-0.4, -0.2) is 21.0 Å². The minimum absolute atomic E-state index is 0.150. The van der Waals surface area contributed by atoms with Crippen LogP contribution < -0.4 is 4.74 Å². The Bertz CT molecular complexity index is 1360. The molecular formula is C22H16F4N2O3S2. The Labute approximate surface area is 193 Å². The molecule has 0 bridgehead atoms. The molecule has 0 aliphatic carbocycles. The fraction of sp³-hybridized carbons (Fsp3) is 0.227. The summed E-state index contributed by atoms with van der Waals surface area (Å²) in [6, 6.07) is 6.30. The first-order valence-electron chi connectivity index (χ1n) is 9.59. The maximum absolute atomic E-state index is 13.9. The molecular weight excluding hydrogens is 480 g/mol. The molecule has 2 aromatic heterocycles. The first kappa shape index (κ1) is 23.1. The molecule has 0 amide bonds. The fourth-order valence-electron chi connectivity index (χ4n) is 3.21. The summed E-state index contributed by atoms with van der Waals surface area (Å²) < 4.78 is 59.1. The minimum atomic E-state index is -4.76. The number of carboxylic acid groups (broad SMARTS) is 1. The summed E-state index contributed by atoms with van der Waals surface area (Å²) in [5.41, 5.74) is 1.12. The molecule has 0 fully saturated rings. The van der Waals surface area contributed by atoms with Gasteiger partial charge in [0.15, 0.2) is 0 Å². The topological polar surface area (TPSA) is 72.3 Å². The summed E-state index contributed by atoms with van der Waals surface area (Å²) >= 11 is 2.54. The number of nitrogens with zero attached hydrogens (tertiary/aromatic N) is 2. The number of rotatable bonds is 6. The number of ether oxygens (including phenoxy) is 1. The Morgan fingerprint density at radius 3 is 2.55 bits per heavy atom. The van der Waals surface area contributed by atoms with E-state index in [0.29, 0.717) is 33.0 Å². The normalized spacial score (nSPS) is 11.8. The molecule has 2 aromatic carbocycles. The van der Waals surface area contributed by atoms with Gasteiger partial charge in [-0.25, -0.2) is 14.4 Å². The zero-order valence-corrected chi connectivity index (χ0v) is 18.9. The number of hydrogen-bond acceptors (Lipinski definition) is 6. The number of thiazole rings is 2. The van der Waals surface area contributed by atoms with E-state index in [1.807, 2.05) is 13.0 Å². The highest BCUT2D eigenvalue weighted by Gasteiger charge is 2.34. The van der Waals surface area contributed by atoms with E-state index in [0.717, 1.165) is 21.2 Å². The van der Waals surface area contributed by atoms with Gasteiger partial charge in [-0.15, -0.1) is 22.7 Å². The van der Waals surface area contributed by atoms with Crippen molar-refractivity contribution in [2.24, 2.45) is 0 Å². The average Bonchev–Trinajstić information content (AvgIpc) is 3.28. The van der Waals surface area contributed by atoms with Crippen LogP contribution >= 0.6 is 22.7 Å². The number of carbonyl (C=O) groups is 1. The van der Waals surface area contributed by atoms with Gasteiger partial charge in [0.05, 0.1) is 32.8 Å². The molecule has 2 heterocycles. The Kier molecular flexibility index (Phi) is 6.10. The lowest BCUT2D eigenvalue weighted by molar-refractivity contribution is -0.140. The molecule has 33 heavy (non-hydrogen) atoms. The molecule has 0 atom stereocenters. The van der Waals surface area contributed by atoms with Crippen LogP contribution in [0.2, 0.25) is 0 Å². The maximum Gasteiger partial charge on any atom is 0.419 e. The van der Waals surface area contributed by atoms with Crippen LogP contribution in [-0.2, 0) is 24.0 Å². The SMILES string of the molecule is Cc1nc(-c2ccc(C(F)(F)F)c(F)c2)sc1COc1cc(C)c2sc(CC(=O)O)nc2c1. The zero-order valence-electron chi connectivity index (χ0n) is 17.3. The van der Waals surface area contributed by atoms with Crippen molar-refractivity contribution in [2.45, 2.75) is 33.1 Å². The lowest BCUT2D eigenvalue weighted by atomic mass is 10.1. The van der Waals surface area contributed by atoms with Gasteiger partial charge in [0.2, 0.25) is 0 Å². The summed E-state index contributed by atoms with van der Waals surface area (Å²) in [6.07, 6.45) is -4.91. The molecule has 0 aliphatic rings. The van der Waals surface area contributed by atoms with Crippen molar-refractivity contribution >= 4 is 38.9 Å². The summed E-state index contributed by atoms with van der Waals surface area (Å²) in [5, 5.41) is 9.86. The van der Waals surface area contributed by atoms with E-state index < -0.39 is 23.5 Å². The van der Waals surface area contributed by atoms with Crippen molar-refractivity contribution in [3.05, 3.63) is 62.9 Å². The first-order chi connectivity index (χ1) is 15.5. The highest BCUT2D eigenvalue weighted by atomic mass is 32.1. The molecule has 5 nitrogen and oxygen atoms in total. The van der Waals surface area contributed by atoms with E-state index in [1.165, 1.54) is 28.7 Å². The number of fused-ring (bicyclic) bond motifs is 1. The number of aromatic nitrogens is 2. The third-order valence-corrected chi connectivity index (χ3v) is 7.17. The van der Waals surface area contributed by atoms with E-state index in [4.69, 9.17) is 9.84 Å². The lowest BCUT2D eigenvalue weighted by Gasteiger charge is -2.08. The predicted octanol–water partition coefficient (Wildman–Crippen LogP) is 6.40. The predicted molar refractivity (Wildman–Crippen MR) is 117 cm³/mol. The summed E-state index contributed by atoms with van der Waals surface area (Å²) in [4.78, 5) is 20.4. The molecule has 4 aromatic rings. The van der Waals surface area contributed by atoms with E-state index >= 15 is 0 Å². The van der Waals surface area contributed by atoms with Gasteiger partial charge >= 0.3 is 12.1 Å². The number of aryl methyl sites for hydroxylation is 2. The molecule has 0 radical (unpaired) electrons. The number of carboxylic acids is 1. The third kappa shape index (κ3) is 4.98. The Balaban J connectivity index is 1.53. The van der Waals surface area contributed by atoms with Gasteiger partial charge in [0.25, 0.3) is 0 Å². The van der Waals surface area contributed by atoms with Crippen LogP contribution in [0, 0.1) is 19.7 Å². The van der Waals surface area contributed by atoms with Crippen molar-refractivity contribution in [2.75, 3.05) is 0 Å². The van der Waals surface area contributed by atoms with Gasteiger partial charge in [0, 0.05) is 11.6 Å². The molecule has 0 saturated heterocycles. The largest absolute Gasteiger partial charge is 0.488 e. The van der Waals surface area contributed by atoms with E-state index in [9.17, 15) is 22.4 Å². The standard InChI is InChI=1S/C22H16F4N2O3S2/c1-10-5-13(7-16-20(10)33-18(28-16)8-19(29)30)31-9-17-11(2)27-21(32-17)12-3-4-14(15(23)6-12)22(24,25)26/h3-7H,8-9H2,1-2H3,(H,29,30). The number of benzene rings is 2. The smallest absolute Gasteiger partial charge is 0.419 e. The number of aliphatic carboxylic acids is 1. The second kappa shape index (κ2) is 8.71. The van der Waals surface area contributed by atoms with Gasteiger partial charge in [-0.05, 0) is 37.6 Å².